The highest BCUT2D eigenvalue weighted by molar-refractivity contribution is 9.10. The van der Waals surface area contributed by atoms with E-state index in [4.69, 9.17) is 9.47 Å². The fourth-order valence-electron chi connectivity index (χ4n) is 2.43. The first kappa shape index (κ1) is 18.3. The molecule has 0 spiro atoms. The number of fused-ring (bicyclic) bond motifs is 1. The van der Waals surface area contributed by atoms with Gasteiger partial charge in [-0.3, -0.25) is 9.20 Å². The lowest BCUT2D eigenvalue weighted by atomic mass is 10.2. The largest absolute Gasteiger partial charge is 0.488 e. The number of benzene rings is 1. The highest BCUT2D eigenvalue weighted by atomic mass is 79.9. The maximum absolute atomic E-state index is 13.9. The number of pyridine rings is 1. The molecule has 0 aliphatic rings. The van der Waals surface area contributed by atoms with Crippen molar-refractivity contribution in [2.45, 2.75) is 0 Å². The minimum Gasteiger partial charge on any atom is -0.488 e. The Morgan fingerprint density at radius 1 is 1.31 bits per heavy atom. The van der Waals surface area contributed by atoms with Gasteiger partial charge in [0.2, 0.25) is 0 Å². The number of nitrogens with zero attached hydrogens (tertiary/aromatic N) is 3. The zero-order valence-corrected chi connectivity index (χ0v) is 15.9. The van der Waals surface area contributed by atoms with E-state index < -0.39 is 5.82 Å². The molecule has 0 aliphatic heterocycles. The standard InChI is InChI=1S/C18H17BrFN3O3/c1-22(13-4-5-14(20)15(9-13)26-8-7-25-2)18(24)12-3-6-17-21-10-16(19)23(17)11-12/h3-6,9-11H,7-8H2,1-2H3. The summed E-state index contributed by atoms with van der Waals surface area (Å²) in [5.74, 6) is -0.650. The smallest absolute Gasteiger partial charge is 0.259 e. The van der Waals surface area contributed by atoms with Crippen molar-refractivity contribution >= 4 is 33.2 Å². The number of hydrogen-bond acceptors (Lipinski definition) is 4. The van der Waals surface area contributed by atoms with Crippen molar-refractivity contribution in [3.8, 4) is 5.75 Å². The molecule has 0 radical (unpaired) electrons. The van der Waals surface area contributed by atoms with E-state index in [1.807, 2.05) is 0 Å². The molecule has 26 heavy (non-hydrogen) atoms. The first-order valence-electron chi connectivity index (χ1n) is 7.83. The minimum absolute atomic E-state index is 0.0759. The van der Waals surface area contributed by atoms with Gasteiger partial charge in [-0.2, -0.15) is 0 Å². The Balaban J connectivity index is 1.85. The van der Waals surface area contributed by atoms with Crippen molar-refractivity contribution in [1.29, 1.82) is 0 Å². The summed E-state index contributed by atoms with van der Waals surface area (Å²) in [5, 5.41) is 0. The molecule has 136 valence electrons. The van der Waals surface area contributed by atoms with Gasteiger partial charge < -0.3 is 14.4 Å². The zero-order valence-electron chi connectivity index (χ0n) is 14.3. The van der Waals surface area contributed by atoms with Gasteiger partial charge in [0.05, 0.1) is 18.4 Å². The van der Waals surface area contributed by atoms with Gasteiger partial charge in [-0.15, -0.1) is 0 Å². The number of anilines is 1. The van der Waals surface area contributed by atoms with Gasteiger partial charge in [0.25, 0.3) is 5.91 Å². The maximum Gasteiger partial charge on any atom is 0.259 e. The van der Waals surface area contributed by atoms with Crippen LogP contribution in [0.3, 0.4) is 0 Å². The lowest BCUT2D eigenvalue weighted by molar-refractivity contribution is 0.0992. The lowest BCUT2D eigenvalue weighted by Gasteiger charge is -2.19. The molecule has 6 nitrogen and oxygen atoms in total. The lowest BCUT2D eigenvalue weighted by Crippen LogP contribution is -2.26. The van der Waals surface area contributed by atoms with Crippen LogP contribution < -0.4 is 9.64 Å². The second kappa shape index (κ2) is 7.84. The van der Waals surface area contributed by atoms with Crippen molar-refractivity contribution in [3.05, 3.63) is 58.7 Å². The van der Waals surface area contributed by atoms with E-state index in [1.165, 1.54) is 30.2 Å². The first-order valence-corrected chi connectivity index (χ1v) is 8.62. The summed E-state index contributed by atoms with van der Waals surface area (Å²) in [6, 6.07) is 7.76. The van der Waals surface area contributed by atoms with Gasteiger partial charge in [0, 0.05) is 32.1 Å². The molecule has 0 atom stereocenters. The number of rotatable bonds is 6. The molecule has 2 heterocycles. The van der Waals surface area contributed by atoms with Crippen molar-refractivity contribution in [1.82, 2.24) is 9.38 Å². The Morgan fingerprint density at radius 2 is 2.12 bits per heavy atom. The summed E-state index contributed by atoms with van der Waals surface area (Å²) in [5.41, 5.74) is 1.73. The molecule has 3 aromatic rings. The fraction of sp³-hybridized carbons (Fsp3) is 0.222. The third kappa shape index (κ3) is 3.71. The molecule has 0 N–H and O–H groups in total. The van der Waals surface area contributed by atoms with E-state index in [0.29, 0.717) is 17.9 Å². The van der Waals surface area contributed by atoms with Crippen molar-refractivity contribution in [3.63, 3.8) is 0 Å². The third-order valence-electron chi connectivity index (χ3n) is 3.86. The Morgan fingerprint density at radius 3 is 2.88 bits per heavy atom. The number of imidazole rings is 1. The average Bonchev–Trinajstić information content (AvgIpc) is 3.02. The average molecular weight is 422 g/mol. The number of aromatic nitrogens is 2. The number of ether oxygens (including phenoxy) is 2. The number of carbonyl (C=O) groups excluding carboxylic acids is 1. The SMILES string of the molecule is COCCOc1cc(N(C)C(=O)c2ccc3ncc(Br)n3c2)ccc1F. The summed E-state index contributed by atoms with van der Waals surface area (Å²) >= 11 is 3.39. The van der Waals surface area contributed by atoms with E-state index in [-0.39, 0.29) is 18.3 Å². The molecule has 0 unspecified atom stereocenters. The third-order valence-corrected chi connectivity index (χ3v) is 4.45. The molecule has 3 rings (SSSR count). The molecule has 1 aromatic carbocycles. The molecule has 0 saturated carbocycles. The van der Waals surface area contributed by atoms with Crippen LogP contribution in [0.1, 0.15) is 10.4 Å². The van der Waals surface area contributed by atoms with Gasteiger partial charge in [-0.1, -0.05) is 0 Å². The van der Waals surface area contributed by atoms with Gasteiger partial charge in [0.1, 0.15) is 16.9 Å². The van der Waals surface area contributed by atoms with Crippen LogP contribution in [-0.2, 0) is 4.74 Å². The second-order valence-electron chi connectivity index (χ2n) is 5.55. The van der Waals surface area contributed by atoms with Crippen molar-refractivity contribution in [2.24, 2.45) is 0 Å². The van der Waals surface area contributed by atoms with E-state index in [1.54, 1.807) is 36.0 Å². The van der Waals surface area contributed by atoms with Crippen molar-refractivity contribution < 1.29 is 18.7 Å². The molecular formula is C18H17BrFN3O3. The molecule has 0 saturated heterocycles. The molecule has 0 bridgehead atoms. The number of carbonyl (C=O) groups is 1. The summed E-state index contributed by atoms with van der Waals surface area (Å²) in [7, 11) is 3.17. The van der Waals surface area contributed by atoms with Crippen LogP contribution >= 0.6 is 15.9 Å². The molecule has 1 amide bonds. The molecular weight excluding hydrogens is 405 g/mol. The van der Waals surface area contributed by atoms with Gasteiger partial charge in [-0.25, -0.2) is 9.37 Å². The minimum atomic E-state index is -0.491. The highest BCUT2D eigenvalue weighted by Crippen LogP contribution is 2.25. The Hall–Kier alpha value is -2.45. The van der Waals surface area contributed by atoms with Crippen LogP contribution in [0.2, 0.25) is 0 Å². The predicted octanol–water partition coefficient (Wildman–Crippen LogP) is 3.54. The Bertz CT molecular complexity index is 945. The number of halogens is 2. The highest BCUT2D eigenvalue weighted by Gasteiger charge is 2.17. The van der Waals surface area contributed by atoms with E-state index in [9.17, 15) is 9.18 Å². The molecule has 0 aliphatic carbocycles. The van der Waals surface area contributed by atoms with E-state index in [2.05, 4.69) is 20.9 Å². The quantitative estimate of drug-likeness (QED) is 0.571. The van der Waals surface area contributed by atoms with Crippen LogP contribution in [0.4, 0.5) is 10.1 Å². The number of hydrogen-bond donors (Lipinski definition) is 0. The Labute approximate surface area is 158 Å². The maximum atomic E-state index is 13.9. The van der Waals surface area contributed by atoms with Crippen LogP contribution in [0.25, 0.3) is 5.65 Å². The Kier molecular flexibility index (Phi) is 5.53. The molecule has 2 aromatic heterocycles. The number of methoxy groups -OCH3 is 1. The second-order valence-corrected chi connectivity index (χ2v) is 6.36. The normalized spacial score (nSPS) is 10.9. The first-order chi connectivity index (χ1) is 12.5. The monoisotopic (exact) mass is 421 g/mol. The summed E-state index contributed by atoms with van der Waals surface area (Å²) in [6.45, 7) is 0.568. The topological polar surface area (TPSA) is 56.1 Å². The van der Waals surface area contributed by atoms with Gasteiger partial charge in [0.15, 0.2) is 11.6 Å². The zero-order chi connectivity index (χ0) is 18.7. The number of amides is 1. The van der Waals surface area contributed by atoms with E-state index in [0.717, 1.165) is 10.3 Å². The summed E-state index contributed by atoms with van der Waals surface area (Å²) in [4.78, 5) is 18.4. The van der Waals surface area contributed by atoms with Crippen molar-refractivity contribution in [2.75, 3.05) is 32.3 Å². The van der Waals surface area contributed by atoms with Crippen LogP contribution in [0.15, 0.2) is 47.3 Å². The molecule has 8 heteroatoms. The van der Waals surface area contributed by atoms with E-state index >= 15 is 0 Å². The summed E-state index contributed by atoms with van der Waals surface area (Å²) in [6.07, 6.45) is 3.36. The van der Waals surface area contributed by atoms with Crippen LogP contribution in [0, 0.1) is 5.82 Å². The fourth-order valence-corrected chi connectivity index (χ4v) is 2.82. The van der Waals surface area contributed by atoms with Gasteiger partial charge >= 0.3 is 0 Å². The molecule has 0 fully saturated rings. The predicted molar refractivity (Wildman–Crippen MR) is 99.4 cm³/mol. The van der Waals surface area contributed by atoms with Crippen LogP contribution in [0.5, 0.6) is 5.75 Å². The van der Waals surface area contributed by atoms with Gasteiger partial charge in [-0.05, 0) is 40.2 Å². The summed E-state index contributed by atoms with van der Waals surface area (Å²) < 4.78 is 26.7. The van der Waals surface area contributed by atoms with Crippen LogP contribution in [-0.4, -0.2) is 42.7 Å².